The number of rotatable bonds is 3. The lowest BCUT2D eigenvalue weighted by molar-refractivity contribution is 0.0299. The highest BCUT2D eigenvalue weighted by atomic mass is 79.9. The first-order chi connectivity index (χ1) is 12.7. The Labute approximate surface area is 161 Å². The number of aromatic nitrogens is 1. The fraction of sp³-hybridized carbons (Fsp3) is 0.421. The van der Waals surface area contributed by atoms with E-state index in [0.717, 1.165) is 34.4 Å². The van der Waals surface area contributed by atoms with Crippen molar-refractivity contribution in [1.82, 2.24) is 9.88 Å². The van der Waals surface area contributed by atoms with Crippen molar-refractivity contribution in [2.45, 2.75) is 0 Å². The summed E-state index contributed by atoms with van der Waals surface area (Å²) < 4.78 is 11.9. The number of hydrogen-bond acceptors (Lipinski definition) is 4. The number of halogens is 1. The van der Waals surface area contributed by atoms with Crippen LogP contribution < -0.4 is 4.90 Å². The number of nitrogens with one attached hydrogen (secondary N) is 1. The van der Waals surface area contributed by atoms with E-state index in [1.165, 1.54) is 0 Å². The Hall–Kier alpha value is -1.83. The molecule has 2 aliphatic rings. The molecule has 1 N–H and O–H groups in total. The second kappa shape index (κ2) is 7.82. The monoisotopic (exact) mass is 419 g/mol. The van der Waals surface area contributed by atoms with Gasteiger partial charge in [-0.15, -0.1) is 0 Å². The van der Waals surface area contributed by atoms with Gasteiger partial charge in [-0.3, -0.25) is 4.79 Å². The van der Waals surface area contributed by atoms with E-state index < -0.39 is 0 Å². The van der Waals surface area contributed by atoms with Gasteiger partial charge in [-0.25, -0.2) is 0 Å². The number of H-pyrrole nitrogens is 1. The normalized spacial score (nSPS) is 18.2. The van der Waals surface area contributed by atoms with E-state index >= 15 is 0 Å². The van der Waals surface area contributed by atoms with Crippen LogP contribution in [0.5, 0.6) is 0 Å². The molecule has 0 aliphatic carbocycles. The Kier molecular flexibility index (Phi) is 5.28. The van der Waals surface area contributed by atoms with E-state index in [4.69, 9.17) is 9.47 Å². The summed E-state index contributed by atoms with van der Waals surface area (Å²) in [6.07, 6.45) is 1.95. The van der Waals surface area contributed by atoms with Crippen LogP contribution in [0.4, 0.5) is 5.69 Å². The van der Waals surface area contributed by atoms with Gasteiger partial charge in [0.1, 0.15) is 5.69 Å². The average Bonchev–Trinajstić information content (AvgIpc) is 3.14. The van der Waals surface area contributed by atoms with Crippen LogP contribution in [0.15, 0.2) is 34.9 Å². The number of aromatic amines is 1. The molecule has 2 aliphatic heterocycles. The Bertz CT molecular complexity index is 763. The summed E-state index contributed by atoms with van der Waals surface area (Å²) in [6, 6.07) is 8.18. The lowest BCUT2D eigenvalue weighted by Crippen LogP contribution is -2.42. The Morgan fingerprint density at radius 2 is 1.58 bits per heavy atom. The molecule has 1 aromatic heterocycles. The zero-order chi connectivity index (χ0) is 17.9. The fourth-order valence-corrected chi connectivity index (χ4v) is 3.73. The van der Waals surface area contributed by atoms with Gasteiger partial charge in [0.25, 0.3) is 5.91 Å². The number of benzene rings is 1. The molecule has 2 fully saturated rings. The number of carbonyl (C=O) groups excluding carboxylic acids is 1. The lowest BCUT2D eigenvalue weighted by atomic mass is 10.1. The number of carbonyl (C=O) groups is 1. The van der Waals surface area contributed by atoms with Gasteiger partial charge in [0.2, 0.25) is 0 Å². The van der Waals surface area contributed by atoms with E-state index in [2.05, 4.69) is 37.9 Å². The molecule has 0 atom stereocenters. The van der Waals surface area contributed by atoms with Gasteiger partial charge in [-0.05, 0) is 17.7 Å². The molecule has 0 saturated carbocycles. The smallest absolute Gasteiger partial charge is 0.272 e. The van der Waals surface area contributed by atoms with Crippen molar-refractivity contribution in [1.29, 1.82) is 0 Å². The molecule has 6 nitrogen and oxygen atoms in total. The van der Waals surface area contributed by atoms with Crippen molar-refractivity contribution in [2.24, 2.45) is 0 Å². The molecular formula is C19H22BrN3O3. The van der Waals surface area contributed by atoms with Crippen LogP contribution in [0.2, 0.25) is 0 Å². The SMILES string of the molecule is O=C(c1[nH]cc(-c2ccc(Br)cc2)c1N1CCOCC1)N1CCOCC1. The van der Waals surface area contributed by atoms with Crippen molar-refractivity contribution in [3.05, 3.63) is 40.6 Å². The standard InChI is InChI=1S/C19H22BrN3O3/c20-15-3-1-14(2-4-15)16-13-21-17(18(16)22-5-9-25-10-6-22)19(24)23-7-11-26-12-8-23/h1-4,13,21H,5-12H2. The van der Waals surface area contributed by atoms with Crippen molar-refractivity contribution in [3.63, 3.8) is 0 Å². The van der Waals surface area contributed by atoms with Crippen molar-refractivity contribution in [2.75, 3.05) is 57.5 Å². The summed E-state index contributed by atoms with van der Waals surface area (Å²) in [5.74, 6) is 0.0400. The van der Waals surface area contributed by atoms with Gasteiger partial charge < -0.3 is 24.3 Å². The predicted molar refractivity (Wildman–Crippen MR) is 104 cm³/mol. The molecule has 2 saturated heterocycles. The molecular weight excluding hydrogens is 398 g/mol. The number of hydrogen-bond donors (Lipinski definition) is 1. The molecule has 0 unspecified atom stereocenters. The molecule has 0 bridgehead atoms. The molecule has 1 aromatic carbocycles. The first kappa shape index (κ1) is 17.6. The van der Waals surface area contributed by atoms with Crippen LogP contribution >= 0.6 is 15.9 Å². The maximum Gasteiger partial charge on any atom is 0.272 e. The molecule has 7 heteroatoms. The van der Waals surface area contributed by atoms with E-state index in [-0.39, 0.29) is 5.91 Å². The Morgan fingerprint density at radius 1 is 0.962 bits per heavy atom. The Morgan fingerprint density at radius 3 is 2.23 bits per heavy atom. The van der Waals surface area contributed by atoms with Crippen molar-refractivity contribution >= 4 is 27.5 Å². The third-order valence-corrected chi connectivity index (χ3v) is 5.38. The van der Waals surface area contributed by atoms with Crippen molar-refractivity contribution in [3.8, 4) is 11.1 Å². The summed E-state index contributed by atoms with van der Waals surface area (Å²) in [4.78, 5) is 20.5. The molecule has 3 heterocycles. The predicted octanol–water partition coefficient (Wildman–Crippen LogP) is 2.75. The molecule has 0 radical (unpaired) electrons. The van der Waals surface area contributed by atoms with E-state index in [9.17, 15) is 4.79 Å². The highest BCUT2D eigenvalue weighted by Gasteiger charge is 2.28. The fourth-order valence-electron chi connectivity index (χ4n) is 3.47. The Balaban J connectivity index is 1.73. The first-order valence-electron chi connectivity index (χ1n) is 8.91. The highest BCUT2D eigenvalue weighted by Crippen LogP contribution is 2.36. The minimum atomic E-state index is 0.0400. The second-order valence-corrected chi connectivity index (χ2v) is 7.35. The number of nitrogens with zero attached hydrogens (tertiary/aromatic N) is 2. The minimum absolute atomic E-state index is 0.0400. The second-order valence-electron chi connectivity index (χ2n) is 6.44. The van der Waals surface area contributed by atoms with Crippen LogP contribution in [-0.4, -0.2) is 68.4 Å². The zero-order valence-electron chi connectivity index (χ0n) is 14.5. The maximum absolute atomic E-state index is 13.1. The summed E-state index contributed by atoms with van der Waals surface area (Å²) >= 11 is 3.49. The summed E-state index contributed by atoms with van der Waals surface area (Å²) in [6.45, 7) is 5.38. The molecule has 2 aromatic rings. The third kappa shape index (κ3) is 3.51. The van der Waals surface area contributed by atoms with E-state index in [0.29, 0.717) is 45.2 Å². The van der Waals surface area contributed by atoms with Gasteiger partial charge in [-0.1, -0.05) is 28.1 Å². The van der Waals surface area contributed by atoms with Gasteiger partial charge in [0.05, 0.1) is 32.1 Å². The lowest BCUT2D eigenvalue weighted by Gasteiger charge is -2.32. The first-order valence-corrected chi connectivity index (χ1v) is 9.70. The van der Waals surface area contributed by atoms with Gasteiger partial charge in [0.15, 0.2) is 0 Å². The van der Waals surface area contributed by atoms with Gasteiger partial charge >= 0.3 is 0 Å². The topological polar surface area (TPSA) is 57.8 Å². The van der Waals surface area contributed by atoms with Crippen LogP contribution in [-0.2, 0) is 9.47 Å². The van der Waals surface area contributed by atoms with E-state index in [1.54, 1.807) is 0 Å². The van der Waals surface area contributed by atoms with Crippen LogP contribution in [0.3, 0.4) is 0 Å². The highest BCUT2D eigenvalue weighted by molar-refractivity contribution is 9.10. The summed E-state index contributed by atoms with van der Waals surface area (Å²) in [5, 5.41) is 0. The maximum atomic E-state index is 13.1. The largest absolute Gasteiger partial charge is 0.378 e. The number of morpholine rings is 2. The molecule has 0 spiro atoms. The van der Waals surface area contributed by atoms with E-state index in [1.807, 2.05) is 23.2 Å². The number of anilines is 1. The summed E-state index contributed by atoms with van der Waals surface area (Å²) in [7, 11) is 0. The quantitative estimate of drug-likeness (QED) is 0.830. The van der Waals surface area contributed by atoms with Crippen LogP contribution in [0, 0.1) is 0 Å². The van der Waals surface area contributed by atoms with Gasteiger partial charge in [-0.2, -0.15) is 0 Å². The average molecular weight is 420 g/mol. The summed E-state index contributed by atoms with van der Waals surface area (Å²) in [5.41, 5.74) is 3.78. The minimum Gasteiger partial charge on any atom is -0.378 e. The molecule has 4 rings (SSSR count). The van der Waals surface area contributed by atoms with Crippen molar-refractivity contribution < 1.29 is 14.3 Å². The van der Waals surface area contributed by atoms with Crippen LogP contribution in [0.25, 0.3) is 11.1 Å². The molecule has 138 valence electrons. The van der Waals surface area contributed by atoms with Crippen LogP contribution in [0.1, 0.15) is 10.5 Å². The molecule has 26 heavy (non-hydrogen) atoms. The van der Waals surface area contributed by atoms with Gasteiger partial charge in [0, 0.05) is 42.4 Å². The third-order valence-electron chi connectivity index (χ3n) is 4.85. The number of amides is 1. The molecule has 1 amide bonds. The number of ether oxygens (including phenoxy) is 2. The zero-order valence-corrected chi connectivity index (χ0v) is 16.1.